The van der Waals surface area contributed by atoms with E-state index >= 15 is 0 Å². The minimum Gasteiger partial charge on any atom is -0.395 e. The van der Waals surface area contributed by atoms with Gasteiger partial charge in [0, 0.05) is 16.1 Å². The van der Waals surface area contributed by atoms with Gasteiger partial charge < -0.3 is 5.11 Å². The van der Waals surface area contributed by atoms with E-state index in [2.05, 4.69) is 20.8 Å². The lowest BCUT2D eigenvalue weighted by Gasteiger charge is -2.28. The number of ketones is 1. The Balaban J connectivity index is 2.11. The van der Waals surface area contributed by atoms with Crippen molar-refractivity contribution >= 4 is 21.7 Å². The third kappa shape index (κ3) is 2.82. The molecule has 2 rings (SSSR count). The molecule has 1 aromatic rings. The Morgan fingerprint density at radius 1 is 1.50 bits per heavy atom. The lowest BCUT2D eigenvalue weighted by atomic mass is 10.0. The number of benzene rings is 1. The topological polar surface area (TPSA) is 40.5 Å². The van der Waals surface area contributed by atoms with Gasteiger partial charge in [-0.3, -0.25) is 9.69 Å². The van der Waals surface area contributed by atoms with Crippen LogP contribution in [0.1, 0.15) is 30.1 Å². The third-order valence-electron chi connectivity index (χ3n) is 3.64. The zero-order valence-corrected chi connectivity index (χ0v) is 12.1. The summed E-state index contributed by atoms with van der Waals surface area (Å²) in [5.41, 5.74) is 0.731. The normalized spacial score (nSPS) is 22.1. The average Bonchev–Trinajstić information content (AvgIpc) is 2.86. The predicted octanol–water partition coefficient (Wildman–Crippen LogP) is 2.48. The lowest BCUT2D eigenvalue weighted by Crippen LogP contribution is -2.43. The van der Waals surface area contributed by atoms with E-state index in [1.54, 1.807) is 0 Å². The fourth-order valence-corrected chi connectivity index (χ4v) is 2.83. The average molecular weight is 312 g/mol. The van der Waals surface area contributed by atoms with Crippen molar-refractivity contribution in [3.8, 4) is 0 Å². The molecule has 0 saturated carbocycles. The smallest absolute Gasteiger partial charge is 0.179 e. The van der Waals surface area contributed by atoms with Crippen molar-refractivity contribution in [3.05, 3.63) is 34.3 Å². The Bertz CT molecular complexity index is 418. The lowest BCUT2D eigenvalue weighted by molar-refractivity contribution is 0.0758. The number of aliphatic hydroxyl groups is 1. The van der Waals surface area contributed by atoms with E-state index in [0.717, 1.165) is 29.4 Å². The summed E-state index contributed by atoms with van der Waals surface area (Å²) in [6.07, 6.45) is 2.04. The molecule has 0 bridgehead atoms. The number of Topliss-reactive ketones (excluding diaryl/α,β-unsaturated/α-hetero) is 1. The molecule has 0 spiro atoms. The highest BCUT2D eigenvalue weighted by Gasteiger charge is 2.31. The van der Waals surface area contributed by atoms with Crippen molar-refractivity contribution in [3.63, 3.8) is 0 Å². The van der Waals surface area contributed by atoms with Crippen LogP contribution >= 0.6 is 15.9 Å². The molecule has 1 N–H and O–H groups in total. The van der Waals surface area contributed by atoms with Crippen molar-refractivity contribution < 1.29 is 9.90 Å². The van der Waals surface area contributed by atoms with Gasteiger partial charge in [0.05, 0.1) is 12.6 Å². The van der Waals surface area contributed by atoms with Crippen LogP contribution in [0.4, 0.5) is 0 Å². The highest BCUT2D eigenvalue weighted by atomic mass is 79.9. The van der Waals surface area contributed by atoms with Crippen molar-refractivity contribution in [2.24, 2.45) is 0 Å². The third-order valence-corrected chi connectivity index (χ3v) is 4.17. The zero-order valence-electron chi connectivity index (χ0n) is 10.5. The standard InChI is InChI=1S/C14H18BrNO2/c1-10(16-8-2-3-13(16)9-17)14(18)11-4-6-12(15)7-5-11/h4-7,10,13,17H,2-3,8-9H2,1H3. The van der Waals surface area contributed by atoms with Crippen LogP contribution < -0.4 is 0 Å². The van der Waals surface area contributed by atoms with Crippen molar-refractivity contribution in [1.82, 2.24) is 4.90 Å². The quantitative estimate of drug-likeness (QED) is 0.868. The summed E-state index contributed by atoms with van der Waals surface area (Å²) in [4.78, 5) is 14.5. The van der Waals surface area contributed by atoms with Gasteiger partial charge in [-0.15, -0.1) is 0 Å². The Labute approximate surface area is 116 Å². The summed E-state index contributed by atoms with van der Waals surface area (Å²) >= 11 is 3.36. The molecule has 18 heavy (non-hydrogen) atoms. The summed E-state index contributed by atoms with van der Waals surface area (Å²) in [6, 6.07) is 7.42. The van der Waals surface area contributed by atoms with E-state index < -0.39 is 0 Å². The molecule has 1 aromatic carbocycles. The van der Waals surface area contributed by atoms with Crippen molar-refractivity contribution in [2.45, 2.75) is 31.8 Å². The summed E-state index contributed by atoms with van der Waals surface area (Å²) < 4.78 is 0.973. The fraction of sp³-hybridized carbons (Fsp3) is 0.500. The molecule has 1 aliphatic heterocycles. The van der Waals surface area contributed by atoms with Gasteiger partial charge in [-0.2, -0.15) is 0 Å². The van der Waals surface area contributed by atoms with Gasteiger partial charge in [0.1, 0.15) is 0 Å². The van der Waals surface area contributed by atoms with Crippen LogP contribution in [-0.2, 0) is 0 Å². The Kier molecular flexibility index (Phi) is 4.54. The first-order chi connectivity index (χ1) is 8.63. The molecular weight excluding hydrogens is 294 g/mol. The van der Waals surface area contributed by atoms with Gasteiger partial charge in [-0.25, -0.2) is 0 Å². The molecule has 1 aliphatic rings. The fourth-order valence-electron chi connectivity index (χ4n) is 2.57. The van der Waals surface area contributed by atoms with Crippen molar-refractivity contribution in [2.75, 3.05) is 13.2 Å². The van der Waals surface area contributed by atoms with E-state index in [9.17, 15) is 9.90 Å². The van der Waals surface area contributed by atoms with Gasteiger partial charge in [0.2, 0.25) is 0 Å². The van der Waals surface area contributed by atoms with Crippen LogP contribution in [0.5, 0.6) is 0 Å². The Morgan fingerprint density at radius 3 is 2.78 bits per heavy atom. The number of nitrogens with zero attached hydrogens (tertiary/aromatic N) is 1. The Hall–Kier alpha value is -0.710. The molecule has 1 fully saturated rings. The van der Waals surface area contributed by atoms with Gasteiger partial charge in [0.25, 0.3) is 0 Å². The second kappa shape index (κ2) is 5.95. The molecule has 0 aromatic heterocycles. The Morgan fingerprint density at radius 2 is 2.17 bits per heavy atom. The van der Waals surface area contributed by atoms with Gasteiger partial charge >= 0.3 is 0 Å². The number of hydrogen-bond donors (Lipinski definition) is 1. The van der Waals surface area contributed by atoms with Gasteiger partial charge in [0.15, 0.2) is 5.78 Å². The molecule has 0 amide bonds. The maximum absolute atomic E-state index is 12.4. The SMILES string of the molecule is CC(C(=O)c1ccc(Br)cc1)N1CCCC1CO. The second-order valence-corrected chi connectivity index (χ2v) is 5.68. The van der Waals surface area contributed by atoms with Crippen LogP contribution in [0.2, 0.25) is 0 Å². The van der Waals surface area contributed by atoms with Crippen LogP contribution in [0.3, 0.4) is 0 Å². The van der Waals surface area contributed by atoms with Gasteiger partial charge in [-0.05, 0) is 38.4 Å². The van der Waals surface area contributed by atoms with Gasteiger partial charge in [-0.1, -0.05) is 28.1 Å². The number of aliphatic hydroxyl groups excluding tert-OH is 1. The summed E-state index contributed by atoms with van der Waals surface area (Å²) in [5, 5.41) is 9.31. The molecular formula is C14H18BrNO2. The van der Waals surface area contributed by atoms with E-state index in [4.69, 9.17) is 0 Å². The minimum atomic E-state index is -0.161. The molecule has 3 nitrogen and oxygen atoms in total. The monoisotopic (exact) mass is 311 g/mol. The summed E-state index contributed by atoms with van der Waals surface area (Å²) in [5.74, 6) is 0.128. The molecule has 4 heteroatoms. The molecule has 1 heterocycles. The first kappa shape index (κ1) is 13.7. The number of carbonyl (C=O) groups excluding carboxylic acids is 1. The van der Waals surface area contributed by atoms with E-state index in [1.807, 2.05) is 31.2 Å². The second-order valence-electron chi connectivity index (χ2n) is 4.76. The molecule has 0 aliphatic carbocycles. The molecule has 2 unspecified atom stereocenters. The molecule has 0 radical (unpaired) electrons. The maximum Gasteiger partial charge on any atom is 0.179 e. The highest BCUT2D eigenvalue weighted by molar-refractivity contribution is 9.10. The van der Waals surface area contributed by atoms with E-state index in [-0.39, 0.29) is 24.5 Å². The molecule has 1 saturated heterocycles. The number of halogens is 1. The summed E-state index contributed by atoms with van der Waals surface area (Å²) in [7, 11) is 0. The number of rotatable bonds is 4. The van der Waals surface area contributed by atoms with Crippen LogP contribution in [-0.4, -0.2) is 41.0 Å². The number of likely N-dealkylation sites (tertiary alicyclic amines) is 1. The molecule has 98 valence electrons. The first-order valence-electron chi connectivity index (χ1n) is 6.30. The van der Waals surface area contributed by atoms with E-state index in [1.165, 1.54) is 0 Å². The van der Waals surface area contributed by atoms with Crippen LogP contribution in [0.25, 0.3) is 0 Å². The van der Waals surface area contributed by atoms with Crippen LogP contribution in [0, 0.1) is 0 Å². The number of hydrogen-bond acceptors (Lipinski definition) is 3. The predicted molar refractivity (Wildman–Crippen MR) is 74.7 cm³/mol. The summed E-state index contributed by atoms with van der Waals surface area (Å²) in [6.45, 7) is 2.96. The molecule has 2 atom stereocenters. The van der Waals surface area contributed by atoms with Crippen molar-refractivity contribution in [1.29, 1.82) is 0 Å². The first-order valence-corrected chi connectivity index (χ1v) is 7.09. The zero-order chi connectivity index (χ0) is 13.1. The van der Waals surface area contributed by atoms with E-state index in [0.29, 0.717) is 0 Å². The largest absolute Gasteiger partial charge is 0.395 e. The number of carbonyl (C=O) groups is 1. The van der Waals surface area contributed by atoms with Crippen LogP contribution in [0.15, 0.2) is 28.7 Å². The maximum atomic E-state index is 12.4. The minimum absolute atomic E-state index is 0.128. The highest BCUT2D eigenvalue weighted by Crippen LogP contribution is 2.22.